The zero-order valence-corrected chi connectivity index (χ0v) is 12.8. The van der Waals surface area contributed by atoms with E-state index in [1.165, 1.54) is 11.6 Å². The van der Waals surface area contributed by atoms with E-state index in [-0.39, 0.29) is 11.2 Å². The molecule has 3 heteroatoms. The average molecular weight is 294 g/mol. The van der Waals surface area contributed by atoms with Crippen LogP contribution in [0.15, 0.2) is 60.8 Å². The van der Waals surface area contributed by atoms with E-state index in [9.17, 15) is 4.39 Å². The van der Waals surface area contributed by atoms with Gasteiger partial charge in [0.1, 0.15) is 11.3 Å². The molecule has 0 saturated carbocycles. The van der Waals surface area contributed by atoms with Gasteiger partial charge < -0.3 is 5.32 Å². The predicted octanol–water partition coefficient (Wildman–Crippen LogP) is 4.76. The van der Waals surface area contributed by atoms with Gasteiger partial charge >= 0.3 is 0 Å². The number of aromatic nitrogens is 1. The number of nitrogens with zero attached hydrogens (tertiary/aromatic N) is 1. The molecule has 3 rings (SSSR count). The van der Waals surface area contributed by atoms with Crippen molar-refractivity contribution in [2.75, 3.05) is 11.9 Å². The van der Waals surface area contributed by atoms with Crippen molar-refractivity contribution in [3.63, 3.8) is 0 Å². The van der Waals surface area contributed by atoms with E-state index >= 15 is 0 Å². The average Bonchev–Trinajstić information content (AvgIpc) is 2.54. The third kappa shape index (κ3) is 2.80. The highest BCUT2D eigenvalue weighted by Gasteiger charge is 2.20. The quantitative estimate of drug-likeness (QED) is 0.750. The number of para-hydroxylation sites is 1. The van der Waals surface area contributed by atoms with Crippen LogP contribution in [0, 0.1) is 5.82 Å². The van der Waals surface area contributed by atoms with Crippen LogP contribution in [0.3, 0.4) is 0 Å². The summed E-state index contributed by atoms with van der Waals surface area (Å²) < 4.78 is 13.8. The van der Waals surface area contributed by atoms with Crippen LogP contribution < -0.4 is 5.32 Å². The molecule has 112 valence electrons. The second-order valence-corrected chi connectivity index (χ2v) is 6.10. The molecule has 0 amide bonds. The Kier molecular flexibility index (Phi) is 3.80. The highest BCUT2D eigenvalue weighted by molar-refractivity contribution is 5.91. The molecule has 2 aromatic carbocycles. The molecule has 0 spiro atoms. The number of hydrogen-bond acceptors (Lipinski definition) is 2. The number of halogens is 1. The molecule has 0 aliphatic carbocycles. The lowest BCUT2D eigenvalue weighted by atomic mass is 9.84. The Balaban J connectivity index is 1.87. The number of benzene rings is 2. The number of anilines is 1. The lowest BCUT2D eigenvalue weighted by Crippen LogP contribution is -2.27. The van der Waals surface area contributed by atoms with Gasteiger partial charge in [0.25, 0.3) is 0 Å². The minimum Gasteiger partial charge on any atom is -0.384 e. The van der Waals surface area contributed by atoms with E-state index in [0.29, 0.717) is 5.52 Å². The van der Waals surface area contributed by atoms with Gasteiger partial charge in [0, 0.05) is 29.2 Å². The van der Waals surface area contributed by atoms with Crippen LogP contribution in [0.1, 0.15) is 19.4 Å². The minimum absolute atomic E-state index is 0.0236. The second kappa shape index (κ2) is 5.76. The van der Waals surface area contributed by atoms with Gasteiger partial charge in [0.15, 0.2) is 0 Å². The molecular weight excluding hydrogens is 275 g/mol. The Morgan fingerprint density at radius 1 is 1.00 bits per heavy atom. The molecule has 0 aliphatic heterocycles. The smallest absolute Gasteiger partial charge is 0.149 e. The highest BCUT2D eigenvalue weighted by Crippen LogP contribution is 2.27. The van der Waals surface area contributed by atoms with E-state index in [1.807, 2.05) is 30.3 Å². The van der Waals surface area contributed by atoms with E-state index in [2.05, 4.69) is 36.3 Å². The number of rotatable bonds is 4. The lowest BCUT2D eigenvalue weighted by molar-refractivity contribution is 0.557. The number of hydrogen-bond donors (Lipinski definition) is 1. The van der Waals surface area contributed by atoms with Crippen LogP contribution in [-0.4, -0.2) is 11.5 Å². The van der Waals surface area contributed by atoms with E-state index in [0.717, 1.165) is 17.6 Å². The Labute approximate surface area is 130 Å². The van der Waals surface area contributed by atoms with Crippen molar-refractivity contribution < 1.29 is 4.39 Å². The molecule has 0 atom stereocenters. The fourth-order valence-corrected chi connectivity index (χ4v) is 2.60. The monoisotopic (exact) mass is 294 g/mol. The Hall–Kier alpha value is -2.42. The van der Waals surface area contributed by atoms with Crippen molar-refractivity contribution in [1.82, 2.24) is 4.98 Å². The largest absolute Gasteiger partial charge is 0.384 e. The minimum atomic E-state index is -0.288. The van der Waals surface area contributed by atoms with Crippen LogP contribution in [-0.2, 0) is 5.41 Å². The summed E-state index contributed by atoms with van der Waals surface area (Å²) in [7, 11) is 0. The van der Waals surface area contributed by atoms with Gasteiger partial charge in [-0.25, -0.2) is 4.39 Å². The van der Waals surface area contributed by atoms with E-state index in [1.54, 1.807) is 12.3 Å². The summed E-state index contributed by atoms with van der Waals surface area (Å²) in [5.74, 6) is -0.288. The summed E-state index contributed by atoms with van der Waals surface area (Å²) in [5, 5.41) is 4.26. The van der Waals surface area contributed by atoms with Gasteiger partial charge in [0.2, 0.25) is 0 Å². The van der Waals surface area contributed by atoms with Crippen LogP contribution in [0.5, 0.6) is 0 Å². The zero-order chi connectivity index (χ0) is 15.6. The molecule has 0 bridgehead atoms. The molecule has 0 radical (unpaired) electrons. The van der Waals surface area contributed by atoms with Gasteiger partial charge in [-0.2, -0.15) is 0 Å². The number of nitrogens with one attached hydrogen (secondary N) is 1. The van der Waals surface area contributed by atoms with Crippen molar-refractivity contribution in [3.05, 3.63) is 72.2 Å². The predicted molar refractivity (Wildman–Crippen MR) is 89.7 cm³/mol. The lowest BCUT2D eigenvalue weighted by Gasteiger charge is -2.26. The molecule has 0 fully saturated rings. The first-order valence-electron chi connectivity index (χ1n) is 7.40. The summed E-state index contributed by atoms with van der Waals surface area (Å²) in [5.41, 5.74) is 2.56. The van der Waals surface area contributed by atoms with Crippen molar-refractivity contribution in [1.29, 1.82) is 0 Å². The van der Waals surface area contributed by atoms with Gasteiger partial charge in [0.05, 0.1) is 0 Å². The Morgan fingerprint density at radius 3 is 2.55 bits per heavy atom. The maximum Gasteiger partial charge on any atom is 0.149 e. The molecule has 22 heavy (non-hydrogen) atoms. The Morgan fingerprint density at radius 2 is 1.77 bits per heavy atom. The van der Waals surface area contributed by atoms with Gasteiger partial charge in [-0.15, -0.1) is 0 Å². The maximum absolute atomic E-state index is 13.8. The van der Waals surface area contributed by atoms with Gasteiger partial charge in [-0.1, -0.05) is 56.3 Å². The third-order valence-corrected chi connectivity index (χ3v) is 4.00. The molecule has 2 nitrogen and oxygen atoms in total. The summed E-state index contributed by atoms with van der Waals surface area (Å²) in [6.45, 7) is 5.14. The topological polar surface area (TPSA) is 24.9 Å². The molecule has 0 aliphatic rings. The zero-order valence-electron chi connectivity index (χ0n) is 12.8. The van der Waals surface area contributed by atoms with E-state index in [4.69, 9.17) is 0 Å². The normalized spacial score (nSPS) is 11.6. The summed E-state index contributed by atoms with van der Waals surface area (Å²) in [6.07, 6.45) is 1.64. The third-order valence-electron chi connectivity index (χ3n) is 4.00. The van der Waals surface area contributed by atoms with Crippen LogP contribution in [0.4, 0.5) is 10.1 Å². The second-order valence-electron chi connectivity index (χ2n) is 6.10. The van der Waals surface area contributed by atoms with Crippen LogP contribution in [0.25, 0.3) is 10.9 Å². The summed E-state index contributed by atoms with van der Waals surface area (Å²) >= 11 is 0. The molecule has 0 unspecified atom stereocenters. The molecule has 0 saturated heterocycles. The molecule has 1 N–H and O–H groups in total. The fourth-order valence-electron chi connectivity index (χ4n) is 2.60. The van der Waals surface area contributed by atoms with Crippen molar-refractivity contribution >= 4 is 16.6 Å². The van der Waals surface area contributed by atoms with E-state index < -0.39 is 0 Å². The SMILES string of the molecule is CC(C)(CNc1ccnc2c(F)cccc12)c1ccccc1. The molecule has 1 heterocycles. The van der Waals surface area contributed by atoms with Crippen molar-refractivity contribution in [2.45, 2.75) is 19.3 Å². The summed E-state index contributed by atoms with van der Waals surface area (Å²) in [6, 6.07) is 17.3. The standard InChI is InChI=1S/C19H19FN2/c1-19(2,14-7-4-3-5-8-14)13-22-17-11-12-21-18-15(17)9-6-10-16(18)20/h3-12H,13H2,1-2H3,(H,21,22). The summed E-state index contributed by atoms with van der Waals surface area (Å²) in [4.78, 5) is 4.13. The fraction of sp³-hybridized carbons (Fsp3) is 0.211. The molecular formula is C19H19FN2. The highest BCUT2D eigenvalue weighted by atomic mass is 19.1. The van der Waals surface area contributed by atoms with Crippen LogP contribution in [0.2, 0.25) is 0 Å². The maximum atomic E-state index is 13.8. The molecule has 1 aromatic heterocycles. The van der Waals surface area contributed by atoms with Gasteiger partial charge in [-0.3, -0.25) is 4.98 Å². The van der Waals surface area contributed by atoms with Crippen molar-refractivity contribution in [2.24, 2.45) is 0 Å². The first-order valence-corrected chi connectivity index (χ1v) is 7.40. The Bertz CT molecular complexity index is 782. The van der Waals surface area contributed by atoms with Gasteiger partial charge in [-0.05, 0) is 17.7 Å². The first-order chi connectivity index (χ1) is 10.6. The first kappa shape index (κ1) is 14.5. The number of fused-ring (bicyclic) bond motifs is 1. The molecule has 3 aromatic rings. The van der Waals surface area contributed by atoms with Crippen molar-refractivity contribution in [3.8, 4) is 0 Å². The number of pyridine rings is 1. The van der Waals surface area contributed by atoms with Crippen LogP contribution >= 0.6 is 0 Å².